The maximum atomic E-state index is 13.0. The second-order valence-electron chi connectivity index (χ2n) is 2.76. The molecule has 0 radical (unpaired) electrons. The summed E-state index contributed by atoms with van der Waals surface area (Å²) in [5.41, 5.74) is -0.952. The van der Waals surface area contributed by atoms with Crippen LogP contribution in [0.2, 0.25) is 0 Å². The van der Waals surface area contributed by atoms with Gasteiger partial charge in [-0.05, 0) is 12.1 Å². The molecule has 0 fully saturated rings. The minimum atomic E-state index is -4.13. The molecule has 1 aromatic rings. The van der Waals surface area contributed by atoms with Gasteiger partial charge >= 0.3 is 11.9 Å². The molecule has 0 spiro atoms. The first-order chi connectivity index (χ1) is 6.87. The molecule has 0 heterocycles. The fourth-order valence-electron chi connectivity index (χ4n) is 0.985. The standard InChI is InChI=1S/C9H7F3O3/c1-15-7-3-5(2-6(10)4-7)9(11,12)8(13)14/h2-4H,1H3,(H,13,14). The fraction of sp³-hybridized carbons (Fsp3) is 0.222. The fourth-order valence-corrected chi connectivity index (χ4v) is 0.985. The molecule has 1 N–H and O–H groups in total. The number of methoxy groups -OCH3 is 1. The first-order valence-electron chi connectivity index (χ1n) is 3.84. The molecule has 0 saturated carbocycles. The number of hydrogen-bond donors (Lipinski definition) is 1. The molecule has 1 aromatic carbocycles. The number of rotatable bonds is 3. The van der Waals surface area contributed by atoms with Gasteiger partial charge in [-0.3, -0.25) is 0 Å². The second-order valence-corrected chi connectivity index (χ2v) is 2.76. The Hall–Kier alpha value is -1.72. The summed E-state index contributed by atoms with van der Waals surface area (Å²) in [6, 6.07) is 2.11. The van der Waals surface area contributed by atoms with Gasteiger partial charge in [-0.2, -0.15) is 8.78 Å². The number of halogens is 3. The largest absolute Gasteiger partial charge is 0.497 e. The Kier molecular flexibility index (Phi) is 2.88. The van der Waals surface area contributed by atoms with Crippen molar-refractivity contribution in [3.63, 3.8) is 0 Å². The molecule has 82 valence electrons. The smallest absolute Gasteiger partial charge is 0.379 e. The van der Waals surface area contributed by atoms with Gasteiger partial charge in [0.25, 0.3) is 0 Å². The van der Waals surface area contributed by atoms with Gasteiger partial charge in [-0.15, -0.1) is 0 Å². The van der Waals surface area contributed by atoms with Crippen molar-refractivity contribution in [3.8, 4) is 5.75 Å². The average molecular weight is 220 g/mol. The Morgan fingerprint density at radius 3 is 2.47 bits per heavy atom. The van der Waals surface area contributed by atoms with E-state index in [1.54, 1.807) is 0 Å². The van der Waals surface area contributed by atoms with E-state index < -0.39 is 23.3 Å². The Morgan fingerprint density at radius 2 is 2.00 bits per heavy atom. The van der Waals surface area contributed by atoms with Crippen LogP contribution in [-0.4, -0.2) is 18.2 Å². The molecule has 0 aliphatic rings. The molecule has 3 nitrogen and oxygen atoms in total. The van der Waals surface area contributed by atoms with E-state index in [4.69, 9.17) is 5.11 Å². The number of carboxylic acids is 1. The molecular formula is C9H7F3O3. The lowest BCUT2D eigenvalue weighted by Crippen LogP contribution is -2.25. The third kappa shape index (κ3) is 2.20. The number of ether oxygens (including phenoxy) is 1. The van der Waals surface area contributed by atoms with Crippen molar-refractivity contribution >= 4 is 5.97 Å². The van der Waals surface area contributed by atoms with Crippen LogP contribution in [0.4, 0.5) is 13.2 Å². The van der Waals surface area contributed by atoms with Crippen LogP contribution in [0.3, 0.4) is 0 Å². The van der Waals surface area contributed by atoms with Gasteiger partial charge in [-0.25, -0.2) is 9.18 Å². The molecule has 0 saturated heterocycles. The van der Waals surface area contributed by atoms with Gasteiger partial charge in [0.05, 0.1) is 7.11 Å². The average Bonchev–Trinajstić information content (AvgIpc) is 2.16. The monoisotopic (exact) mass is 220 g/mol. The first-order valence-corrected chi connectivity index (χ1v) is 3.84. The highest BCUT2D eigenvalue weighted by Gasteiger charge is 2.41. The van der Waals surface area contributed by atoms with Crippen molar-refractivity contribution in [1.29, 1.82) is 0 Å². The number of aliphatic carboxylic acids is 1. The summed E-state index contributed by atoms with van der Waals surface area (Å²) < 4.78 is 43.3. The van der Waals surface area contributed by atoms with Gasteiger partial charge in [0.1, 0.15) is 11.6 Å². The van der Waals surface area contributed by atoms with Gasteiger partial charge in [0.15, 0.2) is 0 Å². The van der Waals surface area contributed by atoms with E-state index in [0.29, 0.717) is 6.07 Å². The van der Waals surface area contributed by atoms with Crippen LogP contribution in [-0.2, 0) is 10.7 Å². The topological polar surface area (TPSA) is 46.5 Å². The number of alkyl halides is 2. The molecular weight excluding hydrogens is 213 g/mol. The highest BCUT2D eigenvalue weighted by atomic mass is 19.3. The lowest BCUT2D eigenvalue weighted by molar-refractivity contribution is -0.166. The maximum absolute atomic E-state index is 13.0. The van der Waals surface area contributed by atoms with Crippen LogP contribution in [0.5, 0.6) is 5.75 Å². The normalized spacial score (nSPS) is 11.2. The summed E-state index contributed by atoms with van der Waals surface area (Å²) >= 11 is 0. The zero-order chi connectivity index (χ0) is 11.6. The molecule has 1 rings (SSSR count). The summed E-state index contributed by atoms with van der Waals surface area (Å²) in [5.74, 6) is -7.61. The van der Waals surface area contributed by atoms with Crippen LogP contribution in [0, 0.1) is 5.82 Å². The van der Waals surface area contributed by atoms with E-state index in [2.05, 4.69) is 4.74 Å². The number of carbonyl (C=O) groups is 1. The van der Waals surface area contributed by atoms with Gasteiger partial charge in [-0.1, -0.05) is 0 Å². The highest BCUT2D eigenvalue weighted by Crippen LogP contribution is 2.31. The minimum Gasteiger partial charge on any atom is -0.497 e. The van der Waals surface area contributed by atoms with Gasteiger partial charge in [0, 0.05) is 11.6 Å². The minimum absolute atomic E-state index is 0.161. The quantitative estimate of drug-likeness (QED) is 0.847. The van der Waals surface area contributed by atoms with E-state index in [-0.39, 0.29) is 5.75 Å². The van der Waals surface area contributed by atoms with Crippen LogP contribution in [0.15, 0.2) is 18.2 Å². The summed E-state index contributed by atoms with van der Waals surface area (Å²) in [6.07, 6.45) is 0. The molecule has 0 unspecified atom stereocenters. The van der Waals surface area contributed by atoms with E-state index in [0.717, 1.165) is 19.2 Å². The van der Waals surface area contributed by atoms with Crippen molar-refractivity contribution < 1.29 is 27.8 Å². The van der Waals surface area contributed by atoms with Crippen LogP contribution in [0.25, 0.3) is 0 Å². The summed E-state index contributed by atoms with van der Waals surface area (Å²) in [4.78, 5) is 10.2. The summed E-state index contributed by atoms with van der Waals surface area (Å²) in [6.45, 7) is 0. The first kappa shape index (κ1) is 11.4. The van der Waals surface area contributed by atoms with Gasteiger partial charge < -0.3 is 9.84 Å². The van der Waals surface area contributed by atoms with Crippen molar-refractivity contribution in [3.05, 3.63) is 29.6 Å². The SMILES string of the molecule is COc1cc(F)cc(C(F)(F)C(=O)O)c1. The Bertz CT molecular complexity index is 390. The Labute approximate surface area is 83.1 Å². The number of benzene rings is 1. The highest BCUT2D eigenvalue weighted by molar-refractivity contribution is 5.77. The predicted molar refractivity (Wildman–Crippen MR) is 44.5 cm³/mol. The van der Waals surface area contributed by atoms with E-state index in [1.165, 1.54) is 0 Å². The third-order valence-corrected chi connectivity index (χ3v) is 1.74. The lowest BCUT2D eigenvalue weighted by Gasteiger charge is -2.12. The van der Waals surface area contributed by atoms with E-state index in [1.807, 2.05) is 0 Å². The van der Waals surface area contributed by atoms with Gasteiger partial charge in [0.2, 0.25) is 0 Å². The third-order valence-electron chi connectivity index (χ3n) is 1.74. The zero-order valence-corrected chi connectivity index (χ0v) is 7.63. The number of carboxylic acid groups (broad SMARTS) is 1. The Balaban J connectivity index is 3.25. The molecule has 0 atom stereocenters. The van der Waals surface area contributed by atoms with E-state index >= 15 is 0 Å². The van der Waals surface area contributed by atoms with E-state index in [9.17, 15) is 18.0 Å². The van der Waals surface area contributed by atoms with Crippen molar-refractivity contribution in [2.75, 3.05) is 7.11 Å². The summed E-state index contributed by atoms with van der Waals surface area (Å²) in [7, 11) is 1.16. The molecule has 0 aromatic heterocycles. The second kappa shape index (κ2) is 3.80. The van der Waals surface area contributed by atoms with Crippen LogP contribution >= 0.6 is 0 Å². The lowest BCUT2D eigenvalue weighted by atomic mass is 10.1. The Morgan fingerprint density at radius 1 is 1.40 bits per heavy atom. The molecule has 0 aliphatic carbocycles. The molecule has 0 aliphatic heterocycles. The molecule has 0 bridgehead atoms. The predicted octanol–water partition coefficient (Wildman–Crippen LogP) is 2.01. The maximum Gasteiger partial charge on any atom is 0.379 e. The van der Waals surface area contributed by atoms with Crippen LogP contribution < -0.4 is 4.74 Å². The zero-order valence-electron chi connectivity index (χ0n) is 7.63. The van der Waals surface area contributed by atoms with Crippen LogP contribution in [0.1, 0.15) is 5.56 Å². The molecule has 15 heavy (non-hydrogen) atoms. The van der Waals surface area contributed by atoms with Crippen molar-refractivity contribution in [2.45, 2.75) is 5.92 Å². The number of hydrogen-bond acceptors (Lipinski definition) is 2. The van der Waals surface area contributed by atoms with Crippen molar-refractivity contribution in [2.24, 2.45) is 0 Å². The summed E-state index contributed by atoms with van der Waals surface area (Å²) in [5, 5.41) is 8.24. The van der Waals surface area contributed by atoms with Crippen molar-refractivity contribution in [1.82, 2.24) is 0 Å². The molecule has 0 amide bonds. The molecule has 6 heteroatoms.